The van der Waals surface area contributed by atoms with Crippen LogP contribution in [-0.4, -0.2) is 51.9 Å². The minimum absolute atomic E-state index is 0.0744. The molecule has 0 atom stereocenters. The highest BCUT2D eigenvalue weighted by atomic mass is 35.5. The third kappa shape index (κ3) is 5.48. The molecule has 35 heavy (non-hydrogen) atoms. The van der Waals surface area contributed by atoms with E-state index in [4.69, 9.17) is 23.2 Å². The van der Waals surface area contributed by atoms with E-state index in [9.17, 15) is 4.79 Å². The molecule has 2 aliphatic rings. The molecule has 1 aliphatic carbocycles. The molecule has 1 N–H and O–H groups in total. The average molecular weight is 531 g/mol. The van der Waals surface area contributed by atoms with E-state index in [0.29, 0.717) is 29.2 Å². The minimum atomic E-state index is 0.0744. The van der Waals surface area contributed by atoms with Crippen molar-refractivity contribution in [1.29, 1.82) is 0 Å². The Kier molecular flexibility index (Phi) is 7.58. The van der Waals surface area contributed by atoms with Crippen molar-refractivity contribution < 1.29 is 4.79 Å². The molecular weight excluding hydrogens is 501 g/mol. The van der Waals surface area contributed by atoms with Gasteiger partial charge in [-0.15, -0.1) is 11.3 Å². The zero-order chi connectivity index (χ0) is 24.4. The van der Waals surface area contributed by atoms with Gasteiger partial charge in [-0.1, -0.05) is 48.5 Å². The molecule has 0 bridgehead atoms. The summed E-state index contributed by atoms with van der Waals surface area (Å²) in [4.78, 5) is 28.3. The van der Waals surface area contributed by atoms with E-state index in [-0.39, 0.29) is 5.91 Å². The third-order valence-corrected chi connectivity index (χ3v) is 8.85. The van der Waals surface area contributed by atoms with Crippen molar-refractivity contribution in [3.05, 3.63) is 57.2 Å². The molecule has 3 heterocycles. The number of hydrogen-bond donors (Lipinski definition) is 1. The van der Waals surface area contributed by atoms with E-state index in [1.165, 1.54) is 42.5 Å². The molecule has 184 valence electrons. The first kappa shape index (κ1) is 24.5. The first-order valence-electron chi connectivity index (χ1n) is 12.1. The second-order valence-electron chi connectivity index (χ2n) is 9.30. The van der Waals surface area contributed by atoms with Crippen molar-refractivity contribution in [3.63, 3.8) is 0 Å². The number of aromatic nitrogens is 2. The molecule has 1 saturated carbocycles. The van der Waals surface area contributed by atoms with E-state index in [2.05, 4.69) is 27.2 Å². The maximum Gasteiger partial charge on any atom is 0.246 e. The van der Waals surface area contributed by atoms with E-state index in [0.717, 1.165) is 34.7 Å². The van der Waals surface area contributed by atoms with Crippen LogP contribution in [0.25, 0.3) is 10.2 Å². The fourth-order valence-electron chi connectivity index (χ4n) is 5.02. The Morgan fingerprint density at radius 3 is 2.86 bits per heavy atom. The predicted molar refractivity (Wildman–Crippen MR) is 145 cm³/mol. The summed E-state index contributed by atoms with van der Waals surface area (Å²) in [6.45, 7) is 2.10. The molecule has 2 aromatic heterocycles. The van der Waals surface area contributed by atoms with Gasteiger partial charge in [-0.05, 0) is 50.1 Å². The monoisotopic (exact) mass is 529 g/mol. The van der Waals surface area contributed by atoms with Gasteiger partial charge in [0.25, 0.3) is 0 Å². The van der Waals surface area contributed by atoms with Gasteiger partial charge in [0.1, 0.15) is 17.0 Å². The first-order chi connectivity index (χ1) is 17.0. The molecule has 1 amide bonds. The predicted octanol–water partition coefficient (Wildman–Crippen LogP) is 6.45. The van der Waals surface area contributed by atoms with Crippen molar-refractivity contribution in [3.8, 4) is 0 Å². The van der Waals surface area contributed by atoms with Crippen molar-refractivity contribution >= 4 is 62.2 Å². The zero-order valence-electron chi connectivity index (χ0n) is 19.8. The van der Waals surface area contributed by atoms with Gasteiger partial charge in [0, 0.05) is 35.8 Å². The molecule has 5 rings (SSSR count). The van der Waals surface area contributed by atoms with E-state index in [1.807, 2.05) is 17.0 Å². The second-order valence-corrected chi connectivity index (χ2v) is 11.2. The number of anilines is 2. The summed E-state index contributed by atoms with van der Waals surface area (Å²) in [5, 5.41) is 5.39. The summed E-state index contributed by atoms with van der Waals surface area (Å²) in [6, 6.07) is 6.07. The number of halogens is 2. The highest BCUT2D eigenvalue weighted by molar-refractivity contribution is 7.19. The Labute approximate surface area is 219 Å². The van der Waals surface area contributed by atoms with Crippen LogP contribution in [0.2, 0.25) is 10.0 Å². The number of fused-ring (bicyclic) bond motifs is 3. The normalized spacial score (nSPS) is 16.9. The van der Waals surface area contributed by atoms with Crippen LogP contribution >= 0.6 is 34.5 Å². The largest absolute Gasteiger partial charge is 0.340 e. The SMILES string of the molecule is CN(C/C=C/C(=O)N1CCc2c(sc3ncnc(Nc4ccc(Cl)c(Cl)c4)c23)C1)C1CCCCC1. The second kappa shape index (κ2) is 10.8. The number of benzene rings is 1. The Morgan fingerprint density at radius 2 is 2.06 bits per heavy atom. The molecule has 0 unspecified atom stereocenters. The number of rotatable bonds is 6. The number of nitrogens with one attached hydrogen (secondary N) is 1. The summed E-state index contributed by atoms with van der Waals surface area (Å²) < 4.78 is 0. The Bertz CT molecular complexity index is 1250. The number of carbonyl (C=O) groups is 1. The molecule has 1 fully saturated rings. The number of amides is 1. The van der Waals surface area contributed by atoms with Crippen LogP contribution in [0.5, 0.6) is 0 Å². The summed E-state index contributed by atoms with van der Waals surface area (Å²) in [7, 11) is 2.17. The van der Waals surface area contributed by atoms with Gasteiger partial charge in [-0.2, -0.15) is 0 Å². The van der Waals surface area contributed by atoms with Gasteiger partial charge in [0.15, 0.2) is 0 Å². The Morgan fingerprint density at radius 1 is 1.23 bits per heavy atom. The fraction of sp³-hybridized carbons (Fsp3) is 0.423. The molecule has 9 heteroatoms. The maximum absolute atomic E-state index is 12.9. The molecule has 3 aromatic rings. The zero-order valence-corrected chi connectivity index (χ0v) is 22.1. The van der Waals surface area contributed by atoms with Crippen LogP contribution in [0.1, 0.15) is 42.5 Å². The molecular formula is C26H29Cl2N5OS. The lowest BCUT2D eigenvalue weighted by molar-refractivity contribution is -0.126. The smallest absolute Gasteiger partial charge is 0.246 e. The quantitative estimate of drug-likeness (QED) is 0.372. The molecule has 1 aliphatic heterocycles. The van der Waals surface area contributed by atoms with E-state index < -0.39 is 0 Å². The van der Waals surface area contributed by atoms with Crippen LogP contribution in [-0.2, 0) is 17.8 Å². The third-order valence-electron chi connectivity index (χ3n) is 6.98. The lowest BCUT2D eigenvalue weighted by atomic mass is 9.94. The minimum Gasteiger partial charge on any atom is -0.340 e. The average Bonchev–Trinajstić information content (AvgIpc) is 3.25. The van der Waals surface area contributed by atoms with Gasteiger partial charge in [-0.3, -0.25) is 9.69 Å². The maximum atomic E-state index is 12.9. The Hall–Kier alpha value is -2.19. The van der Waals surface area contributed by atoms with Crippen LogP contribution in [0.4, 0.5) is 11.5 Å². The summed E-state index contributed by atoms with van der Waals surface area (Å²) in [6.07, 6.45) is 12.6. The van der Waals surface area contributed by atoms with Gasteiger partial charge >= 0.3 is 0 Å². The van der Waals surface area contributed by atoms with Crippen LogP contribution < -0.4 is 5.32 Å². The number of thiophene rings is 1. The highest BCUT2D eigenvalue weighted by Crippen LogP contribution is 2.38. The van der Waals surface area contributed by atoms with Crippen LogP contribution in [0, 0.1) is 0 Å². The lowest BCUT2D eigenvalue weighted by Gasteiger charge is -2.30. The van der Waals surface area contributed by atoms with E-state index >= 15 is 0 Å². The van der Waals surface area contributed by atoms with Gasteiger partial charge < -0.3 is 10.2 Å². The van der Waals surface area contributed by atoms with Crippen molar-refractivity contribution in [2.45, 2.75) is 51.1 Å². The van der Waals surface area contributed by atoms with Gasteiger partial charge in [0.2, 0.25) is 5.91 Å². The molecule has 0 radical (unpaired) electrons. The number of hydrogen-bond acceptors (Lipinski definition) is 6. The topological polar surface area (TPSA) is 61.4 Å². The Balaban J connectivity index is 1.27. The first-order valence-corrected chi connectivity index (χ1v) is 13.7. The lowest BCUT2D eigenvalue weighted by Crippen LogP contribution is -2.35. The van der Waals surface area contributed by atoms with Crippen LogP contribution in [0.15, 0.2) is 36.7 Å². The van der Waals surface area contributed by atoms with Crippen LogP contribution in [0.3, 0.4) is 0 Å². The standard InChI is InChI=1S/C26H29Cl2N5OS/c1-32(18-6-3-2-4-7-18)12-5-8-23(34)33-13-11-19-22(15-33)35-26-24(19)25(29-16-30-26)31-17-9-10-20(27)21(28)14-17/h5,8-10,14,16,18H,2-4,6-7,11-13,15H2,1H3,(H,29,30,31)/b8-5+. The highest BCUT2D eigenvalue weighted by Gasteiger charge is 2.26. The van der Waals surface area contributed by atoms with Crippen molar-refractivity contribution in [2.75, 3.05) is 25.5 Å². The van der Waals surface area contributed by atoms with Gasteiger partial charge in [-0.25, -0.2) is 9.97 Å². The number of nitrogens with zero attached hydrogens (tertiary/aromatic N) is 4. The molecule has 0 spiro atoms. The summed E-state index contributed by atoms with van der Waals surface area (Å²) in [5.74, 6) is 0.821. The van der Waals surface area contributed by atoms with E-state index in [1.54, 1.807) is 35.9 Å². The number of likely N-dealkylation sites (N-methyl/N-ethyl adjacent to an activating group) is 1. The van der Waals surface area contributed by atoms with Gasteiger partial charge in [0.05, 0.1) is 22.0 Å². The fourth-order valence-corrected chi connectivity index (χ4v) is 6.52. The summed E-state index contributed by atoms with van der Waals surface area (Å²) in [5.41, 5.74) is 2.04. The van der Waals surface area contributed by atoms with Crippen molar-refractivity contribution in [1.82, 2.24) is 19.8 Å². The molecule has 1 aromatic carbocycles. The number of carbonyl (C=O) groups excluding carboxylic acids is 1. The summed E-state index contributed by atoms with van der Waals surface area (Å²) >= 11 is 13.9. The van der Waals surface area contributed by atoms with Crippen molar-refractivity contribution in [2.24, 2.45) is 0 Å². The molecule has 6 nitrogen and oxygen atoms in total. The molecule has 0 saturated heterocycles.